The van der Waals surface area contributed by atoms with Crippen molar-refractivity contribution in [2.75, 3.05) is 25.0 Å². The van der Waals surface area contributed by atoms with Gasteiger partial charge in [-0.05, 0) is 61.9 Å². The number of carbonyl (C=O) groups excluding carboxylic acids is 1. The van der Waals surface area contributed by atoms with Crippen molar-refractivity contribution in [2.45, 2.75) is 45.3 Å². The molecule has 1 aliphatic carbocycles. The monoisotopic (exact) mass is 539 g/mol. The Kier molecular flexibility index (Phi) is 6.83. The summed E-state index contributed by atoms with van der Waals surface area (Å²) in [5.41, 5.74) is 3.41. The molecule has 2 atom stereocenters. The Morgan fingerprint density at radius 2 is 2.00 bits per heavy atom. The quantitative estimate of drug-likeness (QED) is 0.604. The van der Waals surface area contributed by atoms with Crippen molar-refractivity contribution in [3.63, 3.8) is 0 Å². The molecule has 1 fully saturated rings. The maximum atomic E-state index is 11.7. The van der Waals surface area contributed by atoms with E-state index < -0.39 is 0 Å². The highest BCUT2D eigenvalue weighted by Crippen LogP contribution is 2.32. The normalized spacial score (nSPS) is 22.6. The van der Waals surface area contributed by atoms with E-state index >= 15 is 0 Å². The van der Waals surface area contributed by atoms with Crippen LogP contribution in [0.3, 0.4) is 0 Å². The van der Waals surface area contributed by atoms with E-state index in [0.29, 0.717) is 31.4 Å². The van der Waals surface area contributed by atoms with Gasteiger partial charge in [-0.1, -0.05) is 6.08 Å². The molecule has 3 aliphatic heterocycles. The first-order valence-electron chi connectivity index (χ1n) is 13.6. The van der Waals surface area contributed by atoms with E-state index in [-0.39, 0.29) is 23.5 Å². The number of nitrogens with one attached hydrogen (secondary N) is 2. The molecule has 206 valence electrons. The maximum absolute atomic E-state index is 11.7. The van der Waals surface area contributed by atoms with Crippen molar-refractivity contribution in [1.82, 2.24) is 15.2 Å². The van der Waals surface area contributed by atoms with E-state index in [1.54, 1.807) is 19.5 Å². The highest BCUT2D eigenvalue weighted by atomic mass is 16.5. The maximum Gasteiger partial charge on any atom is 0.289 e. The lowest BCUT2D eigenvalue weighted by Gasteiger charge is -2.37. The number of carbonyl (C=O) groups is 1. The van der Waals surface area contributed by atoms with Gasteiger partial charge in [-0.3, -0.25) is 14.8 Å². The van der Waals surface area contributed by atoms with Crippen LogP contribution >= 0.6 is 0 Å². The Bertz CT molecular complexity index is 1450. The second-order valence-electron chi connectivity index (χ2n) is 10.7. The zero-order chi connectivity index (χ0) is 27.7. The molecular formula is C30H33N7O3. The number of nitrogens with zero attached hydrogens (tertiary/aromatic N) is 5. The van der Waals surface area contributed by atoms with Gasteiger partial charge in [0, 0.05) is 49.9 Å². The molecule has 4 aliphatic rings. The fourth-order valence-corrected chi connectivity index (χ4v) is 5.30. The van der Waals surface area contributed by atoms with Gasteiger partial charge in [0.1, 0.15) is 29.3 Å². The summed E-state index contributed by atoms with van der Waals surface area (Å²) in [5.74, 6) is 2.33. The number of ether oxygens (including phenoxy) is 2. The van der Waals surface area contributed by atoms with Crippen molar-refractivity contribution < 1.29 is 14.3 Å². The van der Waals surface area contributed by atoms with Gasteiger partial charge in [-0.2, -0.15) is 0 Å². The van der Waals surface area contributed by atoms with Crippen molar-refractivity contribution in [1.29, 1.82) is 0 Å². The van der Waals surface area contributed by atoms with Crippen LogP contribution in [0.25, 0.3) is 0 Å². The minimum Gasteiger partial charge on any atom is -0.456 e. The third-order valence-electron chi connectivity index (χ3n) is 7.71. The molecule has 0 bridgehead atoms. The van der Waals surface area contributed by atoms with Crippen LogP contribution in [0.1, 0.15) is 31.0 Å². The van der Waals surface area contributed by atoms with E-state index in [1.165, 1.54) is 0 Å². The lowest BCUT2D eigenvalue weighted by Crippen LogP contribution is -2.48. The number of likely N-dealkylation sites (tertiary alicyclic amines) is 1. The lowest BCUT2D eigenvalue weighted by molar-refractivity contribution is -0.132. The van der Waals surface area contributed by atoms with E-state index in [2.05, 4.69) is 42.7 Å². The Balaban J connectivity index is 1.10. The minimum atomic E-state index is -0.331. The number of hydrogen-bond acceptors (Lipinski definition) is 9. The van der Waals surface area contributed by atoms with Crippen LogP contribution in [-0.4, -0.2) is 65.3 Å². The molecule has 2 unspecified atom stereocenters. The fraction of sp³-hybridized carbons (Fsp3) is 0.367. The van der Waals surface area contributed by atoms with Gasteiger partial charge in [0.2, 0.25) is 5.91 Å². The van der Waals surface area contributed by atoms with Crippen LogP contribution < -0.4 is 15.4 Å². The summed E-state index contributed by atoms with van der Waals surface area (Å²) in [7, 11) is 0. The number of pyridine rings is 1. The Hall–Kier alpha value is -4.47. The molecule has 0 saturated carbocycles. The molecule has 2 aromatic rings. The van der Waals surface area contributed by atoms with Crippen molar-refractivity contribution in [2.24, 2.45) is 20.9 Å². The van der Waals surface area contributed by atoms with Gasteiger partial charge in [0.05, 0.1) is 24.7 Å². The largest absolute Gasteiger partial charge is 0.456 e. The van der Waals surface area contributed by atoms with Crippen LogP contribution in [0.4, 0.5) is 5.69 Å². The van der Waals surface area contributed by atoms with Gasteiger partial charge >= 0.3 is 0 Å². The highest BCUT2D eigenvalue weighted by Gasteiger charge is 2.42. The summed E-state index contributed by atoms with van der Waals surface area (Å²) >= 11 is 0. The molecule has 0 radical (unpaired) electrons. The number of aryl methyl sites for hydroxylation is 2. The third kappa shape index (κ3) is 5.47. The summed E-state index contributed by atoms with van der Waals surface area (Å²) in [6.07, 6.45) is 11.1. The summed E-state index contributed by atoms with van der Waals surface area (Å²) in [4.78, 5) is 31.6. The zero-order valence-corrected chi connectivity index (χ0v) is 22.9. The van der Waals surface area contributed by atoms with Crippen LogP contribution in [0.5, 0.6) is 11.5 Å². The molecule has 40 heavy (non-hydrogen) atoms. The molecule has 1 saturated heterocycles. The number of anilines is 1. The average Bonchev–Trinajstić information content (AvgIpc) is 3.33. The number of allylic oxidation sites excluding steroid dienone is 1. The number of piperidine rings is 1. The molecule has 6 rings (SSSR count). The van der Waals surface area contributed by atoms with Gasteiger partial charge in [-0.15, -0.1) is 0 Å². The number of amidine groups is 2. The highest BCUT2D eigenvalue weighted by molar-refractivity contribution is 6.04. The van der Waals surface area contributed by atoms with Crippen LogP contribution in [0.2, 0.25) is 0 Å². The lowest BCUT2D eigenvalue weighted by atomic mass is 9.91. The number of fused-ring (bicyclic) bond motifs is 1. The molecule has 1 amide bonds. The van der Waals surface area contributed by atoms with Gasteiger partial charge in [-0.25, -0.2) is 9.98 Å². The average molecular weight is 540 g/mol. The molecular weight excluding hydrogens is 506 g/mol. The number of aliphatic imine (C=N–C) groups is 3. The molecule has 4 heterocycles. The first kappa shape index (κ1) is 25.8. The number of aromatic nitrogens is 1. The van der Waals surface area contributed by atoms with E-state index in [9.17, 15) is 4.79 Å². The minimum absolute atomic E-state index is 0.0445. The molecule has 10 heteroatoms. The van der Waals surface area contributed by atoms with Gasteiger partial charge < -0.3 is 25.0 Å². The Labute approximate surface area is 233 Å². The number of rotatable bonds is 4. The Morgan fingerprint density at radius 1 is 1.15 bits per heavy atom. The molecule has 1 spiro atoms. The Morgan fingerprint density at radius 3 is 2.75 bits per heavy atom. The zero-order valence-electron chi connectivity index (χ0n) is 22.9. The predicted octanol–water partition coefficient (Wildman–Crippen LogP) is 4.14. The van der Waals surface area contributed by atoms with Crippen LogP contribution in [0.15, 0.2) is 75.4 Å². The van der Waals surface area contributed by atoms with Crippen LogP contribution in [0, 0.1) is 19.8 Å². The summed E-state index contributed by atoms with van der Waals surface area (Å²) in [6, 6.07) is 10.3. The fourth-order valence-electron chi connectivity index (χ4n) is 5.30. The topological polar surface area (TPSA) is 113 Å². The second kappa shape index (κ2) is 10.6. The van der Waals surface area contributed by atoms with E-state index in [0.717, 1.165) is 47.1 Å². The first-order chi connectivity index (χ1) is 19.4. The third-order valence-corrected chi connectivity index (χ3v) is 7.71. The summed E-state index contributed by atoms with van der Waals surface area (Å²) < 4.78 is 12.3. The predicted molar refractivity (Wildman–Crippen MR) is 155 cm³/mol. The summed E-state index contributed by atoms with van der Waals surface area (Å²) in [5, 5.41) is 6.83. The van der Waals surface area contributed by atoms with E-state index in [4.69, 9.17) is 9.47 Å². The molecule has 2 N–H and O–H groups in total. The number of amides is 1. The SMILES string of the molecule is CC(=O)N1CCC2(CC1)CN=C(NC1=CC3C(Nc4ccc(Oc5ccc(C)nc5)c(C)c4)=NC=NC3C=C1)O2. The van der Waals surface area contributed by atoms with Crippen LogP contribution in [-0.2, 0) is 9.53 Å². The molecule has 10 nitrogen and oxygen atoms in total. The standard InChI is InChI=1S/C30H33N7O3/c1-19-14-22(6-9-27(19)39-24-7-4-20(2)31-16-24)35-28-25-15-23(5-8-26(25)33-18-34-28)36-29-32-17-30(40-29)10-12-37(13-11-30)21(3)38/h4-9,14-16,18,25-26H,10-13,17H2,1-3H3,(H,32,36)(H,33,34,35). The van der Waals surface area contributed by atoms with Gasteiger partial charge in [0.15, 0.2) is 0 Å². The van der Waals surface area contributed by atoms with Crippen molar-refractivity contribution >= 4 is 29.8 Å². The number of benzene rings is 1. The smallest absolute Gasteiger partial charge is 0.289 e. The van der Waals surface area contributed by atoms with E-state index in [1.807, 2.05) is 55.2 Å². The van der Waals surface area contributed by atoms with Crippen molar-refractivity contribution in [3.05, 3.63) is 71.7 Å². The second-order valence-corrected chi connectivity index (χ2v) is 10.7. The molecule has 1 aromatic carbocycles. The number of hydrogen-bond donors (Lipinski definition) is 2. The van der Waals surface area contributed by atoms with Gasteiger partial charge in [0.25, 0.3) is 6.02 Å². The summed E-state index contributed by atoms with van der Waals surface area (Å²) in [6.45, 7) is 7.57. The van der Waals surface area contributed by atoms with Crippen molar-refractivity contribution in [3.8, 4) is 11.5 Å². The molecule has 1 aromatic heterocycles. The first-order valence-corrected chi connectivity index (χ1v) is 13.6.